The van der Waals surface area contributed by atoms with Gasteiger partial charge >= 0.3 is 0 Å². The SMILES string of the molecule is O=C(CN[C@H](c1ccccc1)c1cccs1)Nc1ncc(Cl)cc1Cl. The van der Waals surface area contributed by atoms with Crippen LogP contribution in [-0.2, 0) is 4.79 Å². The molecular formula is C18H15Cl2N3OS. The van der Waals surface area contributed by atoms with Crippen LogP contribution in [0, 0.1) is 0 Å². The van der Waals surface area contributed by atoms with E-state index in [-0.39, 0.29) is 18.5 Å². The molecule has 128 valence electrons. The number of amides is 1. The molecule has 0 saturated carbocycles. The third kappa shape index (κ3) is 4.80. The van der Waals surface area contributed by atoms with Crippen molar-refractivity contribution in [1.82, 2.24) is 10.3 Å². The minimum atomic E-state index is -0.228. The maximum Gasteiger partial charge on any atom is 0.239 e. The number of rotatable bonds is 6. The number of nitrogens with one attached hydrogen (secondary N) is 2. The first-order valence-electron chi connectivity index (χ1n) is 7.56. The van der Waals surface area contributed by atoms with Gasteiger partial charge in [0.1, 0.15) is 0 Å². The molecule has 0 saturated heterocycles. The maximum absolute atomic E-state index is 12.3. The first-order chi connectivity index (χ1) is 12.1. The minimum Gasteiger partial charge on any atom is -0.308 e. The van der Waals surface area contributed by atoms with Crippen LogP contribution in [0.2, 0.25) is 10.0 Å². The van der Waals surface area contributed by atoms with Gasteiger partial charge in [-0.1, -0.05) is 59.6 Å². The van der Waals surface area contributed by atoms with Crippen LogP contribution in [0.1, 0.15) is 16.5 Å². The fourth-order valence-electron chi connectivity index (χ4n) is 2.36. The van der Waals surface area contributed by atoms with E-state index in [0.717, 1.165) is 10.4 Å². The Kier molecular flexibility index (Phi) is 6.04. The van der Waals surface area contributed by atoms with Crippen molar-refractivity contribution in [3.8, 4) is 0 Å². The Bertz CT molecular complexity index is 841. The van der Waals surface area contributed by atoms with Gasteiger partial charge in [-0.05, 0) is 23.1 Å². The molecule has 0 fully saturated rings. The van der Waals surface area contributed by atoms with Crippen molar-refractivity contribution in [2.75, 3.05) is 11.9 Å². The highest BCUT2D eigenvalue weighted by Crippen LogP contribution is 2.26. The minimum absolute atomic E-state index is 0.0550. The standard InChI is InChI=1S/C18H15Cl2N3OS/c19-13-9-14(20)18(22-10-13)23-16(24)11-21-17(15-7-4-8-25-15)12-5-2-1-3-6-12/h1-10,17,21H,11H2,(H,22,23,24)/t17-/m1/s1. The quantitative estimate of drug-likeness (QED) is 0.636. The zero-order chi connectivity index (χ0) is 17.6. The Labute approximate surface area is 159 Å². The zero-order valence-electron chi connectivity index (χ0n) is 13.1. The van der Waals surface area contributed by atoms with Gasteiger partial charge in [0.05, 0.1) is 22.6 Å². The van der Waals surface area contributed by atoms with E-state index in [4.69, 9.17) is 23.2 Å². The summed E-state index contributed by atoms with van der Waals surface area (Å²) in [5.74, 6) is 0.0689. The number of benzene rings is 1. The Balaban J connectivity index is 1.68. The Hall–Kier alpha value is -1.92. The third-order valence-electron chi connectivity index (χ3n) is 3.49. The highest BCUT2D eigenvalue weighted by atomic mass is 35.5. The first kappa shape index (κ1) is 17.9. The lowest BCUT2D eigenvalue weighted by atomic mass is 10.1. The molecule has 3 rings (SSSR count). The molecule has 1 aromatic carbocycles. The van der Waals surface area contributed by atoms with Gasteiger partial charge in [0.2, 0.25) is 5.91 Å². The van der Waals surface area contributed by atoms with E-state index in [1.807, 2.05) is 47.8 Å². The van der Waals surface area contributed by atoms with Crippen molar-refractivity contribution in [3.05, 3.63) is 80.6 Å². The van der Waals surface area contributed by atoms with Crippen LogP contribution in [0.25, 0.3) is 0 Å². The molecular weight excluding hydrogens is 377 g/mol. The van der Waals surface area contributed by atoms with Crippen LogP contribution in [0.4, 0.5) is 5.82 Å². The number of carbonyl (C=O) groups is 1. The molecule has 7 heteroatoms. The lowest BCUT2D eigenvalue weighted by Gasteiger charge is -2.18. The summed E-state index contributed by atoms with van der Waals surface area (Å²) in [4.78, 5) is 17.4. The molecule has 0 spiro atoms. The summed E-state index contributed by atoms with van der Waals surface area (Å²) in [6, 6.07) is 15.5. The van der Waals surface area contributed by atoms with Gasteiger partial charge in [-0.2, -0.15) is 0 Å². The molecule has 0 bridgehead atoms. The summed E-state index contributed by atoms with van der Waals surface area (Å²) >= 11 is 13.5. The number of hydrogen-bond acceptors (Lipinski definition) is 4. The predicted molar refractivity (Wildman–Crippen MR) is 103 cm³/mol. The average molecular weight is 392 g/mol. The largest absolute Gasteiger partial charge is 0.308 e. The number of nitrogens with zero attached hydrogens (tertiary/aromatic N) is 1. The summed E-state index contributed by atoms with van der Waals surface area (Å²) in [6.07, 6.45) is 1.44. The van der Waals surface area contributed by atoms with E-state index < -0.39 is 0 Å². The molecule has 0 aliphatic heterocycles. The van der Waals surface area contributed by atoms with E-state index in [1.54, 1.807) is 11.3 Å². The number of carbonyl (C=O) groups excluding carboxylic acids is 1. The molecule has 2 aromatic heterocycles. The van der Waals surface area contributed by atoms with Crippen molar-refractivity contribution in [2.24, 2.45) is 0 Å². The monoisotopic (exact) mass is 391 g/mol. The molecule has 2 N–H and O–H groups in total. The van der Waals surface area contributed by atoms with Gasteiger partial charge in [-0.25, -0.2) is 4.98 Å². The lowest BCUT2D eigenvalue weighted by molar-refractivity contribution is -0.115. The molecule has 2 heterocycles. The van der Waals surface area contributed by atoms with E-state index >= 15 is 0 Å². The van der Waals surface area contributed by atoms with Gasteiger partial charge in [0.15, 0.2) is 5.82 Å². The Morgan fingerprint density at radius 2 is 1.96 bits per heavy atom. The summed E-state index contributed by atoms with van der Waals surface area (Å²) in [6.45, 7) is 0.123. The number of pyridine rings is 1. The highest BCUT2D eigenvalue weighted by molar-refractivity contribution is 7.10. The molecule has 25 heavy (non-hydrogen) atoms. The number of hydrogen-bond donors (Lipinski definition) is 2. The average Bonchev–Trinajstić information content (AvgIpc) is 3.13. The lowest BCUT2D eigenvalue weighted by Crippen LogP contribution is -2.31. The van der Waals surface area contributed by atoms with Crippen LogP contribution in [-0.4, -0.2) is 17.4 Å². The molecule has 0 aliphatic rings. The van der Waals surface area contributed by atoms with Crippen LogP contribution in [0.5, 0.6) is 0 Å². The van der Waals surface area contributed by atoms with Crippen molar-refractivity contribution in [2.45, 2.75) is 6.04 Å². The second-order valence-corrected chi connectivity index (χ2v) is 7.10. The van der Waals surface area contributed by atoms with Gasteiger partial charge in [-0.15, -0.1) is 11.3 Å². The van der Waals surface area contributed by atoms with E-state index in [9.17, 15) is 4.79 Å². The fraction of sp³-hybridized carbons (Fsp3) is 0.111. The van der Waals surface area contributed by atoms with Crippen molar-refractivity contribution >= 4 is 46.3 Å². The van der Waals surface area contributed by atoms with Gasteiger partial charge in [-0.3, -0.25) is 10.1 Å². The Morgan fingerprint density at radius 1 is 1.16 bits per heavy atom. The third-order valence-corrected chi connectivity index (χ3v) is 4.92. The zero-order valence-corrected chi connectivity index (χ0v) is 15.4. The number of anilines is 1. The number of aromatic nitrogens is 1. The van der Waals surface area contributed by atoms with Crippen LogP contribution in [0.15, 0.2) is 60.1 Å². The summed E-state index contributed by atoms with van der Waals surface area (Å²) in [7, 11) is 0. The normalized spacial score (nSPS) is 11.9. The van der Waals surface area contributed by atoms with Crippen molar-refractivity contribution in [3.63, 3.8) is 0 Å². The topological polar surface area (TPSA) is 54.0 Å². The molecule has 3 aromatic rings. The van der Waals surface area contributed by atoms with Crippen LogP contribution < -0.4 is 10.6 Å². The smallest absolute Gasteiger partial charge is 0.239 e. The van der Waals surface area contributed by atoms with E-state index in [2.05, 4.69) is 15.6 Å². The Morgan fingerprint density at radius 3 is 2.64 bits per heavy atom. The summed E-state index contributed by atoms with van der Waals surface area (Å²) < 4.78 is 0. The molecule has 1 amide bonds. The van der Waals surface area contributed by atoms with Crippen molar-refractivity contribution in [1.29, 1.82) is 0 Å². The number of thiophene rings is 1. The van der Waals surface area contributed by atoms with E-state index in [0.29, 0.717) is 15.9 Å². The molecule has 4 nitrogen and oxygen atoms in total. The van der Waals surface area contributed by atoms with Gasteiger partial charge in [0.25, 0.3) is 0 Å². The number of halogens is 2. The van der Waals surface area contributed by atoms with Gasteiger partial charge in [0, 0.05) is 11.1 Å². The molecule has 1 atom stereocenters. The van der Waals surface area contributed by atoms with Gasteiger partial charge < -0.3 is 5.32 Å². The first-order valence-corrected chi connectivity index (χ1v) is 9.19. The second-order valence-electron chi connectivity index (χ2n) is 5.27. The molecule has 0 aliphatic carbocycles. The second kappa shape index (κ2) is 8.45. The summed E-state index contributed by atoms with van der Waals surface area (Å²) in [5.41, 5.74) is 1.10. The highest BCUT2D eigenvalue weighted by Gasteiger charge is 2.16. The predicted octanol–water partition coefficient (Wildman–Crippen LogP) is 4.77. The molecule has 0 unspecified atom stereocenters. The van der Waals surface area contributed by atoms with Crippen LogP contribution in [0.3, 0.4) is 0 Å². The molecule has 0 radical (unpaired) electrons. The van der Waals surface area contributed by atoms with E-state index in [1.165, 1.54) is 12.3 Å². The fourth-order valence-corrected chi connectivity index (χ4v) is 3.62. The van der Waals surface area contributed by atoms with Crippen molar-refractivity contribution < 1.29 is 4.79 Å². The maximum atomic E-state index is 12.3. The van der Waals surface area contributed by atoms with Crippen LogP contribution >= 0.6 is 34.5 Å². The summed E-state index contributed by atoms with van der Waals surface area (Å²) in [5, 5.41) is 8.72.